The highest BCUT2D eigenvalue weighted by Crippen LogP contribution is 2.31. The van der Waals surface area contributed by atoms with Crippen LogP contribution < -0.4 is 0 Å². The lowest BCUT2D eigenvalue weighted by molar-refractivity contribution is -0.140. The highest BCUT2D eigenvalue weighted by atomic mass is 35.5. The molecular weight excluding hydrogens is 490 g/mol. The van der Waals surface area contributed by atoms with Crippen molar-refractivity contribution in [1.82, 2.24) is 9.47 Å². The second-order valence-corrected chi connectivity index (χ2v) is 9.57. The molecule has 1 saturated heterocycles. The lowest BCUT2D eigenvalue weighted by Crippen LogP contribution is -2.47. The van der Waals surface area contributed by atoms with Crippen LogP contribution in [-0.2, 0) is 20.9 Å². The molecule has 36 heavy (non-hydrogen) atoms. The first-order valence-corrected chi connectivity index (χ1v) is 12.0. The molecule has 1 aromatic heterocycles. The Balaban J connectivity index is 1.59. The zero-order valence-electron chi connectivity index (χ0n) is 20.2. The minimum absolute atomic E-state index is 0.0491. The van der Waals surface area contributed by atoms with Crippen LogP contribution in [0.3, 0.4) is 0 Å². The number of likely N-dealkylation sites (tertiary alicyclic amines) is 1. The molecule has 4 rings (SSSR count). The number of hydrogen-bond donors (Lipinski definition) is 0. The first-order chi connectivity index (χ1) is 17.1. The minimum Gasteiger partial charge on any atom is -0.376 e. The van der Waals surface area contributed by atoms with Crippen molar-refractivity contribution in [2.75, 3.05) is 13.7 Å². The van der Waals surface area contributed by atoms with Crippen molar-refractivity contribution in [3.05, 3.63) is 70.6 Å². The Bertz CT molecular complexity index is 1320. The minimum atomic E-state index is -1.56. The number of carbonyl (C=O) groups excluding carboxylic acids is 3. The van der Waals surface area contributed by atoms with Gasteiger partial charge in [0.1, 0.15) is 30.7 Å². The molecule has 0 saturated carbocycles. The molecule has 0 spiro atoms. The highest BCUT2D eigenvalue weighted by molar-refractivity contribution is 6.30. The maximum Gasteiger partial charge on any atom is 0.243 e. The fraction of sp³-hybridized carbons (Fsp3) is 0.370. The maximum atomic E-state index is 14.9. The number of para-hydroxylation sites is 1. The van der Waals surface area contributed by atoms with Crippen LogP contribution in [0.15, 0.2) is 48.7 Å². The van der Waals surface area contributed by atoms with E-state index in [4.69, 9.17) is 16.3 Å². The highest BCUT2D eigenvalue weighted by Gasteiger charge is 2.48. The summed E-state index contributed by atoms with van der Waals surface area (Å²) in [6.45, 7) is 2.65. The second-order valence-electron chi connectivity index (χ2n) is 9.17. The maximum absolute atomic E-state index is 14.9. The molecule has 9 heteroatoms. The summed E-state index contributed by atoms with van der Waals surface area (Å²) in [6, 6.07) is 10.6. The Morgan fingerprint density at radius 3 is 2.58 bits per heavy atom. The number of alkyl halides is 1. The van der Waals surface area contributed by atoms with Gasteiger partial charge in [0.05, 0.1) is 11.6 Å². The summed E-state index contributed by atoms with van der Waals surface area (Å²) in [5.41, 5.74) is 1.43. The van der Waals surface area contributed by atoms with E-state index in [1.807, 2.05) is 0 Å². The van der Waals surface area contributed by atoms with Crippen molar-refractivity contribution in [3.63, 3.8) is 0 Å². The number of halogens is 3. The third-order valence-electron chi connectivity index (χ3n) is 6.79. The van der Waals surface area contributed by atoms with Gasteiger partial charge in [-0.25, -0.2) is 8.78 Å². The van der Waals surface area contributed by atoms with E-state index in [9.17, 15) is 23.2 Å². The SMILES string of the molecule is CO[C@H]1[C@@H](C(=O)C[C@H](C)c2cccc(Cl)c2F)N(C(=O)Cn2cc(C(C)=O)c3ccccc32)C[C@@H]1F. The lowest BCUT2D eigenvalue weighted by atomic mass is 9.91. The third-order valence-corrected chi connectivity index (χ3v) is 7.08. The van der Waals surface area contributed by atoms with E-state index in [-0.39, 0.29) is 35.9 Å². The van der Waals surface area contributed by atoms with Crippen LogP contribution in [0.4, 0.5) is 8.78 Å². The summed E-state index contributed by atoms with van der Waals surface area (Å²) in [5, 5.41) is 0.661. The number of amides is 1. The van der Waals surface area contributed by atoms with Gasteiger partial charge in [-0.3, -0.25) is 14.4 Å². The smallest absolute Gasteiger partial charge is 0.243 e. The quantitative estimate of drug-likeness (QED) is 0.397. The first-order valence-electron chi connectivity index (χ1n) is 11.7. The van der Waals surface area contributed by atoms with E-state index in [2.05, 4.69) is 0 Å². The third kappa shape index (κ3) is 4.80. The topological polar surface area (TPSA) is 68.6 Å². The summed E-state index contributed by atoms with van der Waals surface area (Å²) < 4.78 is 36.3. The Morgan fingerprint density at radius 2 is 1.89 bits per heavy atom. The monoisotopic (exact) mass is 516 g/mol. The van der Waals surface area contributed by atoms with Crippen molar-refractivity contribution >= 4 is 40.0 Å². The van der Waals surface area contributed by atoms with Gasteiger partial charge in [-0.05, 0) is 30.5 Å². The number of fused-ring (bicyclic) bond motifs is 1. The predicted molar refractivity (Wildman–Crippen MR) is 133 cm³/mol. The standard InChI is InChI=1S/C27H27ClF2N2O4/c1-15(17-8-6-9-20(28)25(17)30)11-23(34)26-27(36-3)21(29)13-32(26)24(35)14-31-12-19(16(2)33)18-7-4-5-10-22(18)31/h4-10,12,15,21,26-27H,11,13-14H2,1-3H3/t15-,21-,26+,27+/m0/s1. The zero-order valence-corrected chi connectivity index (χ0v) is 21.0. The summed E-state index contributed by atoms with van der Waals surface area (Å²) in [4.78, 5) is 40.0. The molecule has 1 amide bonds. The number of benzene rings is 2. The lowest BCUT2D eigenvalue weighted by Gasteiger charge is -2.27. The Labute approximate surface area is 212 Å². The number of nitrogens with zero attached hydrogens (tertiary/aromatic N) is 2. The normalized spacial score (nSPS) is 20.6. The number of Topliss-reactive ketones (excluding diaryl/α,β-unsaturated/α-hetero) is 2. The van der Waals surface area contributed by atoms with Crippen LogP contribution in [0.5, 0.6) is 0 Å². The van der Waals surface area contributed by atoms with E-state index >= 15 is 0 Å². The van der Waals surface area contributed by atoms with E-state index in [1.54, 1.807) is 54.1 Å². The molecule has 1 aliphatic heterocycles. The first kappa shape index (κ1) is 26.0. The van der Waals surface area contributed by atoms with Gasteiger partial charge >= 0.3 is 0 Å². The van der Waals surface area contributed by atoms with Gasteiger partial charge in [0, 0.05) is 36.2 Å². The molecule has 0 radical (unpaired) electrons. The average Bonchev–Trinajstić information content (AvgIpc) is 3.38. The summed E-state index contributed by atoms with van der Waals surface area (Å²) in [7, 11) is 1.30. The largest absolute Gasteiger partial charge is 0.376 e. The molecular formula is C27H27ClF2N2O4. The number of hydrogen-bond acceptors (Lipinski definition) is 4. The Hall–Kier alpha value is -3.10. The fourth-order valence-corrected chi connectivity index (χ4v) is 5.18. The average molecular weight is 517 g/mol. The molecule has 190 valence electrons. The van der Waals surface area contributed by atoms with Crippen molar-refractivity contribution in [3.8, 4) is 0 Å². The van der Waals surface area contributed by atoms with Gasteiger partial charge in [-0.15, -0.1) is 0 Å². The molecule has 3 aromatic rings. The zero-order chi connectivity index (χ0) is 26.1. The molecule has 2 heterocycles. The number of ketones is 2. The molecule has 0 bridgehead atoms. The molecule has 0 unspecified atom stereocenters. The second kappa shape index (κ2) is 10.5. The number of rotatable bonds is 8. The van der Waals surface area contributed by atoms with Crippen molar-refractivity contribution in [1.29, 1.82) is 0 Å². The Kier molecular flexibility index (Phi) is 7.57. The van der Waals surface area contributed by atoms with E-state index < -0.39 is 41.7 Å². The molecule has 0 N–H and O–H groups in total. The molecule has 2 aromatic carbocycles. The molecule has 0 aliphatic carbocycles. The van der Waals surface area contributed by atoms with E-state index in [1.165, 1.54) is 25.0 Å². The van der Waals surface area contributed by atoms with Crippen LogP contribution in [0.25, 0.3) is 10.9 Å². The van der Waals surface area contributed by atoms with Gasteiger partial charge < -0.3 is 14.2 Å². The fourth-order valence-electron chi connectivity index (χ4n) is 5.00. The van der Waals surface area contributed by atoms with Crippen LogP contribution in [0.1, 0.15) is 42.1 Å². The van der Waals surface area contributed by atoms with Crippen LogP contribution in [0.2, 0.25) is 5.02 Å². The van der Waals surface area contributed by atoms with Crippen LogP contribution in [-0.4, -0.2) is 58.9 Å². The number of methoxy groups -OCH3 is 1. The van der Waals surface area contributed by atoms with Gasteiger partial charge in [0.15, 0.2) is 11.6 Å². The number of aromatic nitrogens is 1. The van der Waals surface area contributed by atoms with Gasteiger partial charge in [0.25, 0.3) is 0 Å². The molecule has 1 aliphatic rings. The van der Waals surface area contributed by atoms with Crippen molar-refractivity contribution < 1.29 is 27.9 Å². The van der Waals surface area contributed by atoms with Crippen molar-refractivity contribution in [2.24, 2.45) is 0 Å². The number of carbonyl (C=O) groups is 3. The molecule has 4 atom stereocenters. The van der Waals surface area contributed by atoms with Crippen LogP contribution in [0, 0.1) is 5.82 Å². The summed E-state index contributed by atoms with van der Waals surface area (Å²) >= 11 is 5.88. The van der Waals surface area contributed by atoms with Gasteiger partial charge in [-0.2, -0.15) is 0 Å². The van der Waals surface area contributed by atoms with E-state index in [0.29, 0.717) is 16.5 Å². The van der Waals surface area contributed by atoms with Crippen molar-refractivity contribution in [2.45, 2.75) is 51.0 Å². The van der Waals surface area contributed by atoms with Gasteiger partial charge in [0.2, 0.25) is 5.91 Å². The number of ether oxygens (including phenoxy) is 1. The summed E-state index contributed by atoms with van der Waals surface area (Å²) in [6.07, 6.45) is -1.21. The predicted octanol–water partition coefficient (Wildman–Crippen LogP) is 4.96. The molecule has 6 nitrogen and oxygen atoms in total. The summed E-state index contributed by atoms with van der Waals surface area (Å²) in [5.74, 6) is -2.20. The van der Waals surface area contributed by atoms with Gasteiger partial charge in [-0.1, -0.05) is 48.9 Å². The van der Waals surface area contributed by atoms with E-state index in [0.717, 1.165) is 0 Å². The Morgan fingerprint density at radius 1 is 1.17 bits per heavy atom. The molecule has 1 fully saturated rings. The van der Waals surface area contributed by atoms with Crippen LogP contribution >= 0.6 is 11.6 Å².